The van der Waals surface area contributed by atoms with Gasteiger partial charge in [-0.25, -0.2) is 0 Å². The van der Waals surface area contributed by atoms with E-state index in [2.05, 4.69) is 112 Å². The number of hydrogen-bond acceptors (Lipinski definition) is 5. The molecule has 3 atom stereocenters. The highest BCUT2D eigenvalue weighted by Crippen LogP contribution is 2.39. The first-order chi connectivity index (χ1) is 16.4. The molecule has 1 fully saturated rings. The van der Waals surface area contributed by atoms with Crippen LogP contribution in [0.15, 0.2) is 54.6 Å². The minimum atomic E-state index is -1.94. The molecule has 1 saturated heterocycles. The molecule has 0 aromatic heterocycles. The third kappa shape index (κ3) is 6.75. The minimum Gasteiger partial charge on any atom is -0.543 e. The fourth-order valence-corrected chi connectivity index (χ4v) is 5.61. The van der Waals surface area contributed by atoms with E-state index >= 15 is 0 Å². The molecule has 192 valence electrons. The number of esters is 1. The summed E-state index contributed by atoms with van der Waals surface area (Å²) in [6.07, 6.45) is 0. The summed E-state index contributed by atoms with van der Waals surface area (Å²) < 4.78 is 11.9. The van der Waals surface area contributed by atoms with Crippen molar-refractivity contribution in [2.75, 3.05) is 26.2 Å². The average molecular weight is 497 g/mol. The Labute approximate surface area is 213 Å². The zero-order valence-electron chi connectivity index (χ0n) is 22.9. The van der Waals surface area contributed by atoms with Gasteiger partial charge in [0.1, 0.15) is 5.75 Å². The Morgan fingerprint density at radius 3 is 2.29 bits per heavy atom. The summed E-state index contributed by atoms with van der Waals surface area (Å²) in [6, 6.07) is 20.0. The zero-order chi connectivity index (χ0) is 25.8. The summed E-state index contributed by atoms with van der Waals surface area (Å²) in [5.74, 6) is 0.812. The third-order valence-corrected chi connectivity index (χ3v) is 12.0. The molecule has 0 spiro atoms. The van der Waals surface area contributed by atoms with Crippen LogP contribution in [0.2, 0.25) is 18.1 Å². The molecule has 0 saturated carbocycles. The fraction of sp³-hybridized carbons (Fsp3) is 0.552. The lowest BCUT2D eigenvalue weighted by Crippen LogP contribution is -2.58. The Hall–Kier alpha value is -2.15. The predicted octanol–water partition coefficient (Wildman–Crippen LogP) is 6.12. The van der Waals surface area contributed by atoms with Crippen LogP contribution in [0.3, 0.4) is 0 Å². The Bertz CT molecular complexity index is 973. The van der Waals surface area contributed by atoms with Gasteiger partial charge in [-0.15, -0.1) is 0 Å². The zero-order valence-corrected chi connectivity index (χ0v) is 23.9. The topological polar surface area (TPSA) is 42.0 Å². The molecule has 0 unspecified atom stereocenters. The van der Waals surface area contributed by atoms with Crippen LogP contribution in [0.1, 0.15) is 58.7 Å². The van der Waals surface area contributed by atoms with Crippen LogP contribution < -0.4 is 4.43 Å². The molecule has 1 aliphatic rings. The third-order valence-electron chi connectivity index (χ3n) is 7.60. The number of carbonyl (C=O) groups excluding carboxylic acids is 1. The van der Waals surface area contributed by atoms with Crippen molar-refractivity contribution < 1.29 is 14.0 Å². The normalized spacial score (nSPS) is 20.9. The van der Waals surface area contributed by atoms with Gasteiger partial charge < -0.3 is 9.16 Å². The summed E-state index contributed by atoms with van der Waals surface area (Å²) in [6.45, 7) is 20.2. The smallest absolute Gasteiger partial charge is 0.320 e. The summed E-state index contributed by atoms with van der Waals surface area (Å²) in [5, 5.41) is 0.140. The molecule has 2 aromatic rings. The second-order valence-corrected chi connectivity index (χ2v) is 16.1. The van der Waals surface area contributed by atoms with E-state index in [4.69, 9.17) is 9.16 Å². The molecule has 35 heavy (non-hydrogen) atoms. The molecule has 0 bridgehead atoms. The van der Waals surface area contributed by atoms with Gasteiger partial charge in [-0.2, -0.15) is 0 Å². The van der Waals surface area contributed by atoms with Gasteiger partial charge in [0.2, 0.25) is 8.32 Å². The number of nitrogens with zero attached hydrogens (tertiary/aromatic N) is 2. The largest absolute Gasteiger partial charge is 0.543 e. The van der Waals surface area contributed by atoms with Crippen LogP contribution >= 0.6 is 0 Å². The van der Waals surface area contributed by atoms with Crippen LogP contribution in [0.25, 0.3) is 0 Å². The van der Waals surface area contributed by atoms with Crippen molar-refractivity contribution in [2.45, 2.75) is 77.8 Å². The van der Waals surface area contributed by atoms with Crippen LogP contribution in [0.5, 0.6) is 5.75 Å². The van der Waals surface area contributed by atoms with Gasteiger partial charge in [-0.3, -0.25) is 14.6 Å². The number of piperazine rings is 1. The van der Waals surface area contributed by atoms with Gasteiger partial charge in [0, 0.05) is 25.2 Å². The van der Waals surface area contributed by atoms with Crippen LogP contribution in [-0.4, -0.2) is 62.4 Å². The maximum Gasteiger partial charge on any atom is 0.320 e. The molecule has 5 nitrogen and oxygen atoms in total. The Morgan fingerprint density at radius 2 is 1.66 bits per heavy atom. The standard InChI is InChI=1S/C29H44N2O3Si/c1-9-33-27(32)21-30-19-23(3)31(20-22(30)2)28(24-14-11-10-12-15-24)25-16-13-17-26(18-25)34-35(7,8)29(4,5)6/h10-18,22-23,28H,9,19-21H2,1-8H3/t22-,23+,28-/m1/s1. The van der Waals surface area contributed by atoms with Crippen LogP contribution in [0, 0.1) is 0 Å². The molecule has 0 radical (unpaired) electrons. The Kier molecular flexibility index (Phi) is 8.84. The van der Waals surface area contributed by atoms with Crippen molar-refractivity contribution in [1.29, 1.82) is 0 Å². The van der Waals surface area contributed by atoms with E-state index in [9.17, 15) is 4.79 Å². The van der Waals surface area contributed by atoms with Gasteiger partial charge >= 0.3 is 5.97 Å². The second-order valence-electron chi connectivity index (χ2n) is 11.4. The van der Waals surface area contributed by atoms with E-state index in [0.717, 1.165) is 18.8 Å². The average Bonchev–Trinajstić information content (AvgIpc) is 2.77. The lowest BCUT2D eigenvalue weighted by molar-refractivity contribution is -0.146. The second kappa shape index (κ2) is 11.3. The monoisotopic (exact) mass is 496 g/mol. The van der Waals surface area contributed by atoms with Gasteiger partial charge in [0.15, 0.2) is 0 Å². The van der Waals surface area contributed by atoms with E-state index in [-0.39, 0.29) is 29.1 Å². The minimum absolute atomic E-state index is 0.112. The summed E-state index contributed by atoms with van der Waals surface area (Å²) in [4.78, 5) is 17.0. The van der Waals surface area contributed by atoms with Crippen molar-refractivity contribution in [1.82, 2.24) is 9.80 Å². The van der Waals surface area contributed by atoms with E-state index in [1.165, 1.54) is 11.1 Å². The van der Waals surface area contributed by atoms with E-state index in [1.807, 2.05) is 6.92 Å². The van der Waals surface area contributed by atoms with Crippen molar-refractivity contribution in [3.05, 3.63) is 65.7 Å². The lowest BCUT2D eigenvalue weighted by Gasteiger charge is -2.47. The van der Waals surface area contributed by atoms with Gasteiger partial charge in [0.05, 0.1) is 19.2 Å². The molecule has 1 heterocycles. The molecule has 0 amide bonds. The Morgan fingerprint density at radius 1 is 1.00 bits per heavy atom. The number of rotatable bonds is 8. The van der Waals surface area contributed by atoms with Crippen molar-refractivity contribution in [3.63, 3.8) is 0 Å². The van der Waals surface area contributed by atoms with E-state index in [1.54, 1.807) is 0 Å². The first kappa shape index (κ1) is 27.4. The number of benzene rings is 2. The maximum atomic E-state index is 12.2. The molecular formula is C29H44N2O3Si. The van der Waals surface area contributed by atoms with Crippen molar-refractivity contribution in [3.8, 4) is 5.75 Å². The quantitative estimate of drug-likeness (QED) is 0.325. The summed E-state index contributed by atoms with van der Waals surface area (Å²) in [7, 11) is -1.94. The molecule has 6 heteroatoms. The number of ether oxygens (including phenoxy) is 1. The molecular weight excluding hydrogens is 452 g/mol. The lowest BCUT2D eigenvalue weighted by atomic mass is 9.93. The van der Waals surface area contributed by atoms with Gasteiger partial charge in [-0.05, 0) is 62.2 Å². The highest BCUT2D eigenvalue weighted by Gasteiger charge is 2.39. The molecule has 2 aromatic carbocycles. The Balaban J connectivity index is 1.91. The first-order valence-electron chi connectivity index (χ1n) is 12.9. The maximum absolute atomic E-state index is 12.2. The fourth-order valence-electron chi connectivity index (χ4n) is 4.58. The predicted molar refractivity (Wildman–Crippen MR) is 146 cm³/mol. The summed E-state index contributed by atoms with van der Waals surface area (Å²) in [5.41, 5.74) is 2.51. The van der Waals surface area contributed by atoms with Gasteiger partial charge in [-0.1, -0.05) is 63.2 Å². The van der Waals surface area contributed by atoms with Crippen LogP contribution in [-0.2, 0) is 9.53 Å². The molecule has 1 aliphatic heterocycles. The molecule has 0 N–H and O–H groups in total. The van der Waals surface area contributed by atoms with E-state index in [0.29, 0.717) is 13.2 Å². The summed E-state index contributed by atoms with van der Waals surface area (Å²) >= 11 is 0. The number of carbonyl (C=O) groups is 1. The van der Waals surface area contributed by atoms with Crippen molar-refractivity contribution in [2.24, 2.45) is 0 Å². The van der Waals surface area contributed by atoms with Gasteiger partial charge in [0.25, 0.3) is 0 Å². The number of hydrogen-bond donors (Lipinski definition) is 0. The van der Waals surface area contributed by atoms with E-state index < -0.39 is 8.32 Å². The SMILES string of the molecule is CCOC(=O)CN1C[C@H](C)N([C@H](c2ccccc2)c2cccc(O[Si](C)(C)C(C)(C)C)c2)C[C@H]1C. The molecule has 3 rings (SSSR count). The molecule has 0 aliphatic carbocycles. The first-order valence-corrected chi connectivity index (χ1v) is 15.8. The van der Waals surface area contributed by atoms with Crippen molar-refractivity contribution >= 4 is 14.3 Å². The van der Waals surface area contributed by atoms with Crippen LogP contribution in [0.4, 0.5) is 0 Å². The highest BCUT2D eigenvalue weighted by molar-refractivity contribution is 6.74. The highest BCUT2D eigenvalue weighted by atomic mass is 28.4.